The predicted molar refractivity (Wildman–Crippen MR) is 114 cm³/mol. The number of nitrogens with zero attached hydrogens (tertiary/aromatic N) is 2. The number of hydrogen-bond donors (Lipinski definition) is 2. The molecule has 0 fully saturated rings. The van der Waals surface area contributed by atoms with Crippen molar-refractivity contribution in [1.82, 2.24) is 14.7 Å². The molecule has 0 radical (unpaired) electrons. The van der Waals surface area contributed by atoms with Gasteiger partial charge in [0.15, 0.2) is 11.4 Å². The average molecular weight is 437 g/mol. The van der Waals surface area contributed by atoms with E-state index < -0.39 is 17.8 Å². The molecule has 0 spiro atoms. The first-order valence-corrected chi connectivity index (χ1v) is 9.99. The third-order valence-electron chi connectivity index (χ3n) is 5.10. The molecule has 2 aromatic carbocycles. The highest BCUT2D eigenvalue weighted by molar-refractivity contribution is 5.95. The minimum absolute atomic E-state index is 0.0109. The molecule has 0 aliphatic heterocycles. The maximum atomic E-state index is 13.9. The molecular weight excluding hydrogens is 416 g/mol. The molecule has 0 unspecified atom stereocenters. The molecule has 2 heterocycles. The van der Waals surface area contributed by atoms with Crippen LogP contribution in [0.25, 0.3) is 5.65 Å². The fourth-order valence-corrected chi connectivity index (χ4v) is 3.47. The van der Waals surface area contributed by atoms with Gasteiger partial charge in [-0.3, -0.25) is 9.20 Å². The van der Waals surface area contributed by atoms with Gasteiger partial charge in [-0.05, 0) is 42.8 Å². The van der Waals surface area contributed by atoms with Crippen molar-refractivity contribution in [2.24, 2.45) is 0 Å². The highest BCUT2D eigenvalue weighted by Crippen LogP contribution is 2.24. The van der Waals surface area contributed by atoms with E-state index in [1.807, 2.05) is 0 Å². The van der Waals surface area contributed by atoms with Crippen LogP contribution in [0.5, 0.6) is 5.75 Å². The number of rotatable bonds is 7. The summed E-state index contributed by atoms with van der Waals surface area (Å²) in [6.07, 6.45) is 1.67. The van der Waals surface area contributed by atoms with Crippen LogP contribution in [-0.4, -0.2) is 27.0 Å². The number of nitrogens with one attached hydrogen (secondary N) is 1. The average Bonchev–Trinajstić information content (AvgIpc) is 3.14. The van der Waals surface area contributed by atoms with Crippen molar-refractivity contribution < 1.29 is 23.4 Å². The highest BCUT2D eigenvalue weighted by Gasteiger charge is 2.22. The lowest BCUT2D eigenvalue weighted by Crippen LogP contribution is -2.32. The van der Waals surface area contributed by atoms with Crippen LogP contribution in [0.1, 0.15) is 33.4 Å². The van der Waals surface area contributed by atoms with E-state index in [-0.39, 0.29) is 24.7 Å². The van der Waals surface area contributed by atoms with Gasteiger partial charge in [0.2, 0.25) is 0 Å². The molecule has 8 heteroatoms. The number of aliphatic hydroxyl groups is 1. The van der Waals surface area contributed by atoms with E-state index in [9.17, 15) is 18.7 Å². The summed E-state index contributed by atoms with van der Waals surface area (Å²) in [6.45, 7) is 1.34. The largest absolute Gasteiger partial charge is 0.485 e. The number of aliphatic hydroxyl groups excluding tert-OH is 1. The summed E-state index contributed by atoms with van der Waals surface area (Å²) >= 11 is 0. The van der Waals surface area contributed by atoms with Gasteiger partial charge in [-0.25, -0.2) is 13.8 Å². The monoisotopic (exact) mass is 437 g/mol. The first-order chi connectivity index (χ1) is 15.5. The van der Waals surface area contributed by atoms with Crippen LogP contribution < -0.4 is 10.1 Å². The Morgan fingerprint density at radius 1 is 1.12 bits per heavy atom. The maximum Gasteiger partial charge on any atom is 0.270 e. The molecule has 0 bridgehead atoms. The van der Waals surface area contributed by atoms with Crippen molar-refractivity contribution in [3.8, 4) is 5.75 Å². The summed E-state index contributed by atoms with van der Waals surface area (Å²) in [5, 5.41) is 12.5. The first kappa shape index (κ1) is 21.5. The molecule has 1 atom stereocenters. The minimum atomic E-state index is -0.714. The Balaban J connectivity index is 1.59. The molecule has 0 saturated heterocycles. The second-order valence-electron chi connectivity index (χ2n) is 7.25. The SMILES string of the molecule is Cc1nc2c(OCc3ccccc3F)cccn2c1C(=O)N[C@@H](CO)c1ccc(F)cc1. The van der Waals surface area contributed by atoms with Crippen LogP contribution in [0.2, 0.25) is 0 Å². The molecule has 32 heavy (non-hydrogen) atoms. The number of aromatic nitrogens is 2. The third-order valence-corrected chi connectivity index (χ3v) is 5.10. The fourth-order valence-electron chi connectivity index (χ4n) is 3.47. The number of amides is 1. The lowest BCUT2D eigenvalue weighted by Gasteiger charge is -2.17. The van der Waals surface area contributed by atoms with E-state index >= 15 is 0 Å². The number of benzene rings is 2. The van der Waals surface area contributed by atoms with Crippen molar-refractivity contribution in [2.45, 2.75) is 19.6 Å². The van der Waals surface area contributed by atoms with Crippen molar-refractivity contribution in [1.29, 1.82) is 0 Å². The quantitative estimate of drug-likeness (QED) is 0.459. The Kier molecular flexibility index (Phi) is 6.13. The molecule has 0 aliphatic rings. The number of pyridine rings is 1. The Morgan fingerprint density at radius 2 is 1.88 bits per heavy atom. The number of halogens is 2. The second-order valence-corrected chi connectivity index (χ2v) is 7.25. The molecule has 4 aromatic rings. The standard InChI is InChI=1S/C24H21F2N3O3/c1-15-22(24(31)28-20(13-30)16-8-10-18(25)11-9-16)29-12-4-7-21(23(29)27-15)32-14-17-5-2-3-6-19(17)26/h2-12,20,30H,13-14H2,1H3,(H,28,31)/t20-/m0/s1. The normalized spacial score (nSPS) is 12.0. The minimum Gasteiger partial charge on any atom is -0.485 e. The van der Waals surface area contributed by atoms with E-state index in [2.05, 4.69) is 10.3 Å². The summed E-state index contributed by atoms with van der Waals surface area (Å²) < 4.78 is 34.5. The highest BCUT2D eigenvalue weighted by atomic mass is 19.1. The molecule has 4 rings (SSSR count). The topological polar surface area (TPSA) is 75.9 Å². The van der Waals surface area contributed by atoms with E-state index in [4.69, 9.17) is 4.74 Å². The zero-order valence-electron chi connectivity index (χ0n) is 17.3. The van der Waals surface area contributed by atoms with Crippen molar-refractivity contribution in [2.75, 3.05) is 6.61 Å². The molecular formula is C24H21F2N3O3. The van der Waals surface area contributed by atoms with Gasteiger partial charge in [-0.2, -0.15) is 0 Å². The molecule has 6 nitrogen and oxygen atoms in total. The fraction of sp³-hybridized carbons (Fsp3) is 0.167. The lowest BCUT2D eigenvalue weighted by molar-refractivity contribution is 0.0909. The van der Waals surface area contributed by atoms with Gasteiger partial charge < -0.3 is 15.2 Å². The number of carbonyl (C=O) groups excluding carboxylic acids is 1. The predicted octanol–water partition coefficient (Wildman–Crippen LogP) is 3.96. The number of imidazole rings is 1. The van der Waals surface area contributed by atoms with Crippen LogP contribution in [-0.2, 0) is 6.61 Å². The van der Waals surface area contributed by atoms with Crippen LogP contribution in [0.3, 0.4) is 0 Å². The van der Waals surface area contributed by atoms with E-state index in [0.717, 1.165) is 0 Å². The van der Waals surface area contributed by atoms with Crippen LogP contribution in [0.4, 0.5) is 8.78 Å². The Morgan fingerprint density at radius 3 is 2.59 bits per heavy atom. The number of carbonyl (C=O) groups is 1. The van der Waals surface area contributed by atoms with E-state index in [0.29, 0.717) is 28.2 Å². The summed E-state index contributed by atoms with van der Waals surface area (Å²) in [5.41, 5.74) is 2.12. The number of aryl methyl sites for hydroxylation is 1. The van der Waals surface area contributed by atoms with Gasteiger partial charge in [0, 0.05) is 11.8 Å². The summed E-state index contributed by atoms with van der Waals surface area (Å²) in [6, 6.07) is 14.6. The van der Waals surface area contributed by atoms with Gasteiger partial charge >= 0.3 is 0 Å². The van der Waals surface area contributed by atoms with E-state index in [1.165, 1.54) is 30.3 Å². The smallest absolute Gasteiger partial charge is 0.270 e. The summed E-state index contributed by atoms with van der Waals surface area (Å²) in [4.78, 5) is 17.5. The molecule has 2 aromatic heterocycles. The van der Waals surface area contributed by atoms with Gasteiger partial charge in [0.1, 0.15) is 23.9 Å². The third kappa shape index (κ3) is 4.31. The Labute approximate surface area is 183 Å². The lowest BCUT2D eigenvalue weighted by atomic mass is 10.1. The molecule has 0 aliphatic carbocycles. The van der Waals surface area contributed by atoms with Crippen LogP contribution in [0, 0.1) is 18.6 Å². The molecule has 1 amide bonds. The van der Waals surface area contributed by atoms with Gasteiger partial charge in [-0.15, -0.1) is 0 Å². The van der Waals surface area contributed by atoms with E-state index in [1.54, 1.807) is 47.9 Å². The molecule has 0 saturated carbocycles. The second kappa shape index (κ2) is 9.15. The number of hydrogen-bond acceptors (Lipinski definition) is 4. The number of fused-ring (bicyclic) bond motifs is 1. The Bertz CT molecular complexity index is 1260. The number of ether oxygens (including phenoxy) is 1. The summed E-state index contributed by atoms with van der Waals surface area (Å²) in [5.74, 6) is -0.827. The van der Waals surface area contributed by atoms with Crippen molar-refractivity contribution >= 4 is 11.6 Å². The zero-order chi connectivity index (χ0) is 22.7. The molecule has 2 N–H and O–H groups in total. The van der Waals surface area contributed by atoms with Crippen molar-refractivity contribution in [3.05, 3.63) is 101 Å². The zero-order valence-corrected chi connectivity index (χ0v) is 17.3. The first-order valence-electron chi connectivity index (χ1n) is 9.99. The molecule has 164 valence electrons. The van der Waals surface area contributed by atoms with Crippen LogP contribution in [0.15, 0.2) is 66.9 Å². The van der Waals surface area contributed by atoms with Gasteiger partial charge in [0.05, 0.1) is 18.3 Å². The maximum absolute atomic E-state index is 13.9. The Hall–Kier alpha value is -3.78. The van der Waals surface area contributed by atoms with Gasteiger partial charge in [0.25, 0.3) is 5.91 Å². The van der Waals surface area contributed by atoms with Gasteiger partial charge in [-0.1, -0.05) is 30.3 Å². The van der Waals surface area contributed by atoms with Crippen molar-refractivity contribution in [3.63, 3.8) is 0 Å². The van der Waals surface area contributed by atoms with Crippen LogP contribution >= 0.6 is 0 Å². The summed E-state index contributed by atoms with van der Waals surface area (Å²) in [7, 11) is 0.